The molecule has 3 N–H and O–H groups in total. The van der Waals surface area contributed by atoms with Gasteiger partial charge < -0.3 is 15.8 Å². The van der Waals surface area contributed by atoms with Gasteiger partial charge >= 0.3 is 5.97 Å². The Kier molecular flexibility index (Phi) is 4.61. The van der Waals surface area contributed by atoms with Crippen LogP contribution in [0.1, 0.15) is 41.6 Å². The van der Waals surface area contributed by atoms with E-state index in [1.165, 1.54) is 0 Å². The molecule has 2 rings (SSSR count). The monoisotopic (exact) mass is 276 g/mol. The van der Waals surface area contributed by atoms with Gasteiger partial charge in [0.15, 0.2) is 6.61 Å². The van der Waals surface area contributed by atoms with Gasteiger partial charge in [-0.05, 0) is 31.4 Å². The maximum absolute atomic E-state index is 11.9. The summed E-state index contributed by atoms with van der Waals surface area (Å²) in [7, 11) is 0. The SMILES string of the molecule is Cc1cccc(C(=O)OCC(=O)NC2CCCC2)c1N. The van der Waals surface area contributed by atoms with E-state index < -0.39 is 5.97 Å². The van der Waals surface area contributed by atoms with E-state index in [0.717, 1.165) is 31.2 Å². The Morgan fingerprint density at radius 3 is 2.75 bits per heavy atom. The molecule has 0 aliphatic heterocycles. The van der Waals surface area contributed by atoms with Crippen LogP contribution in [0.4, 0.5) is 5.69 Å². The predicted molar refractivity (Wildman–Crippen MR) is 76.3 cm³/mol. The van der Waals surface area contributed by atoms with Crippen LogP contribution in [-0.4, -0.2) is 24.5 Å². The molecule has 0 atom stereocenters. The Bertz CT molecular complexity index is 508. The van der Waals surface area contributed by atoms with Crippen LogP contribution in [-0.2, 0) is 9.53 Å². The Labute approximate surface area is 118 Å². The number of esters is 1. The lowest BCUT2D eigenvalue weighted by Gasteiger charge is -2.12. The molecule has 1 amide bonds. The largest absolute Gasteiger partial charge is 0.452 e. The smallest absolute Gasteiger partial charge is 0.340 e. The summed E-state index contributed by atoms with van der Waals surface area (Å²) in [6.07, 6.45) is 4.30. The molecular weight excluding hydrogens is 256 g/mol. The fourth-order valence-corrected chi connectivity index (χ4v) is 2.41. The minimum atomic E-state index is -0.562. The second kappa shape index (κ2) is 6.41. The lowest BCUT2D eigenvalue weighted by atomic mass is 10.1. The molecule has 1 aliphatic carbocycles. The number of hydrogen-bond acceptors (Lipinski definition) is 4. The van der Waals surface area contributed by atoms with Crippen LogP contribution >= 0.6 is 0 Å². The lowest BCUT2D eigenvalue weighted by Crippen LogP contribution is -2.36. The number of nitrogens with one attached hydrogen (secondary N) is 1. The highest BCUT2D eigenvalue weighted by atomic mass is 16.5. The highest BCUT2D eigenvalue weighted by Gasteiger charge is 2.19. The van der Waals surface area contributed by atoms with Gasteiger partial charge in [0.25, 0.3) is 5.91 Å². The van der Waals surface area contributed by atoms with Gasteiger partial charge in [-0.2, -0.15) is 0 Å². The summed E-state index contributed by atoms with van der Waals surface area (Å²) in [6.45, 7) is 1.56. The third kappa shape index (κ3) is 3.50. The van der Waals surface area contributed by atoms with Gasteiger partial charge in [-0.3, -0.25) is 4.79 Å². The molecule has 20 heavy (non-hydrogen) atoms. The van der Waals surface area contributed by atoms with Crippen molar-refractivity contribution in [3.63, 3.8) is 0 Å². The molecule has 108 valence electrons. The van der Waals surface area contributed by atoms with Gasteiger partial charge in [-0.15, -0.1) is 0 Å². The van der Waals surface area contributed by atoms with Gasteiger partial charge in [-0.1, -0.05) is 25.0 Å². The number of ether oxygens (including phenoxy) is 1. The zero-order valence-electron chi connectivity index (χ0n) is 11.6. The summed E-state index contributed by atoms with van der Waals surface area (Å²) in [5.74, 6) is -0.816. The molecule has 5 nitrogen and oxygen atoms in total. The molecule has 0 radical (unpaired) electrons. The van der Waals surface area contributed by atoms with Crippen LogP contribution in [0.15, 0.2) is 18.2 Å². The zero-order chi connectivity index (χ0) is 14.5. The molecule has 0 aromatic heterocycles. The molecule has 1 aromatic carbocycles. The van der Waals surface area contributed by atoms with Gasteiger partial charge in [0.1, 0.15) is 0 Å². The Hall–Kier alpha value is -2.04. The number of carbonyl (C=O) groups is 2. The summed E-state index contributed by atoms with van der Waals surface area (Å²) in [5.41, 5.74) is 7.34. The summed E-state index contributed by atoms with van der Waals surface area (Å²) in [4.78, 5) is 23.5. The maximum atomic E-state index is 11.9. The van der Waals surface area contributed by atoms with Crippen molar-refractivity contribution < 1.29 is 14.3 Å². The van der Waals surface area contributed by atoms with E-state index in [4.69, 9.17) is 10.5 Å². The normalized spacial score (nSPS) is 15.1. The van der Waals surface area contributed by atoms with Crippen molar-refractivity contribution in [1.82, 2.24) is 5.32 Å². The minimum absolute atomic E-state index is 0.227. The van der Waals surface area contributed by atoms with Crippen LogP contribution in [0, 0.1) is 6.92 Å². The minimum Gasteiger partial charge on any atom is -0.452 e. The number of anilines is 1. The molecule has 0 spiro atoms. The van der Waals surface area contributed by atoms with Crippen molar-refractivity contribution in [2.45, 2.75) is 38.6 Å². The molecule has 0 saturated heterocycles. The molecular formula is C15H20N2O3. The number of amides is 1. The van der Waals surface area contributed by atoms with Crippen LogP contribution in [0.2, 0.25) is 0 Å². The van der Waals surface area contributed by atoms with E-state index in [1.807, 2.05) is 13.0 Å². The first-order valence-corrected chi connectivity index (χ1v) is 6.89. The van der Waals surface area contributed by atoms with E-state index in [0.29, 0.717) is 11.3 Å². The van der Waals surface area contributed by atoms with Crippen LogP contribution in [0.5, 0.6) is 0 Å². The standard InChI is InChI=1S/C15H20N2O3/c1-10-5-4-8-12(14(10)16)15(19)20-9-13(18)17-11-6-2-3-7-11/h4-5,8,11H,2-3,6-7,9,16H2,1H3,(H,17,18). The second-order valence-corrected chi connectivity index (χ2v) is 5.16. The van der Waals surface area contributed by atoms with Gasteiger partial charge in [-0.25, -0.2) is 4.79 Å². The first-order chi connectivity index (χ1) is 9.58. The molecule has 1 aliphatic rings. The number of rotatable bonds is 4. The molecule has 0 bridgehead atoms. The quantitative estimate of drug-likeness (QED) is 0.649. The fourth-order valence-electron chi connectivity index (χ4n) is 2.41. The van der Waals surface area contributed by atoms with Gasteiger partial charge in [0, 0.05) is 11.7 Å². The lowest BCUT2D eigenvalue weighted by molar-refractivity contribution is -0.124. The average molecular weight is 276 g/mol. The Morgan fingerprint density at radius 2 is 2.05 bits per heavy atom. The highest BCUT2D eigenvalue weighted by molar-refractivity contribution is 5.96. The number of para-hydroxylation sites is 1. The highest BCUT2D eigenvalue weighted by Crippen LogP contribution is 2.18. The first-order valence-electron chi connectivity index (χ1n) is 6.89. The summed E-state index contributed by atoms with van der Waals surface area (Å²) >= 11 is 0. The molecule has 1 saturated carbocycles. The molecule has 0 unspecified atom stereocenters. The maximum Gasteiger partial charge on any atom is 0.340 e. The van der Waals surface area contributed by atoms with Crippen molar-refractivity contribution in [3.05, 3.63) is 29.3 Å². The van der Waals surface area contributed by atoms with E-state index in [2.05, 4.69) is 5.32 Å². The van der Waals surface area contributed by atoms with Crippen molar-refractivity contribution >= 4 is 17.6 Å². The van der Waals surface area contributed by atoms with Crippen LogP contribution in [0.3, 0.4) is 0 Å². The predicted octanol–water partition coefficient (Wildman–Crippen LogP) is 1.79. The molecule has 5 heteroatoms. The van der Waals surface area contributed by atoms with Crippen molar-refractivity contribution in [2.75, 3.05) is 12.3 Å². The number of nitrogen functional groups attached to an aromatic ring is 1. The van der Waals surface area contributed by atoms with Crippen molar-refractivity contribution in [1.29, 1.82) is 0 Å². The number of hydrogen-bond donors (Lipinski definition) is 2. The zero-order valence-corrected chi connectivity index (χ0v) is 11.6. The number of carbonyl (C=O) groups excluding carboxylic acids is 2. The number of benzene rings is 1. The Morgan fingerprint density at radius 1 is 1.35 bits per heavy atom. The van der Waals surface area contributed by atoms with E-state index in [1.54, 1.807) is 12.1 Å². The average Bonchev–Trinajstić information content (AvgIpc) is 2.92. The van der Waals surface area contributed by atoms with Crippen molar-refractivity contribution in [2.24, 2.45) is 0 Å². The first kappa shape index (κ1) is 14.4. The topological polar surface area (TPSA) is 81.4 Å². The summed E-state index contributed by atoms with van der Waals surface area (Å²) in [5, 5.41) is 2.86. The summed E-state index contributed by atoms with van der Waals surface area (Å²) < 4.78 is 5.01. The summed E-state index contributed by atoms with van der Waals surface area (Å²) in [6, 6.07) is 5.38. The fraction of sp³-hybridized carbons (Fsp3) is 0.467. The van der Waals surface area contributed by atoms with Gasteiger partial charge in [0.2, 0.25) is 0 Å². The van der Waals surface area contributed by atoms with Crippen LogP contribution < -0.4 is 11.1 Å². The number of nitrogens with two attached hydrogens (primary N) is 1. The third-order valence-electron chi connectivity index (χ3n) is 3.60. The Balaban J connectivity index is 1.85. The molecule has 1 fully saturated rings. The second-order valence-electron chi connectivity index (χ2n) is 5.16. The molecule has 0 heterocycles. The van der Waals surface area contributed by atoms with E-state index >= 15 is 0 Å². The third-order valence-corrected chi connectivity index (χ3v) is 3.60. The van der Waals surface area contributed by atoms with Crippen LogP contribution in [0.25, 0.3) is 0 Å². The van der Waals surface area contributed by atoms with E-state index in [-0.39, 0.29) is 18.6 Å². The number of aryl methyl sites for hydroxylation is 1. The molecule has 1 aromatic rings. The van der Waals surface area contributed by atoms with E-state index in [9.17, 15) is 9.59 Å². The van der Waals surface area contributed by atoms with Crippen molar-refractivity contribution in [3.8, 4) is 0 Å². The van der Waals surface area contributed by atoms with Gasteiger partial charge in [0.05, 0.1) is 5.56 Å².